The number of para-hydroxylation sites is 1. The van der Waals surface area contributed by atoms with Gasteiger partial charge in [0, 0.05) is 38.5 Å². The number of hydrogen-bond donors (Lipinski definition) is 0. The van der Waals surface area contributed by atoms with Crippen molar-refractivity contribution in [1.82, 2.24) is 15.0 Å². The third-order valence-electron chi connectivity index (χ3n) is 5.35. The molecular formula is C29H17F4N6Pt-3. The molecule has 6 rings (SSSR count). The minimum absolute atomic E-state index is 0. The second kappa shape index (κ2) is 13.1. The van der Waals surface area contributed by atoms with Crippen LogP contribution in [0.1, 0.15) is 5.56 Å². The number of pyridine rings is 3. The summed E-state index contributed by atoms with van der Waals surface area (Å²) >= 11 is 0. The van der Waals surface area contributed by atoms with E-state index in [1.807, 2.05) is 65.6 Å². The van der Waals surface area contributed by atoms with E-state index in [1.165, 1.54) is 11.2 Å². The summed E-state index contributed by atoms with van der Waals surface area (Å²) in [5.41, 5.74) is 2.14. The Morgan fingerprint density at radius 2 is 1.32 bits per heavy atom. The van der Waals surface area contributed by atoms with Gasteiger partial charge in [-0.1, -0.05) is 72.3 Å². The van der Waals surface area contributed by atoms with Gasteiger partial charge in [-0.3, -0.25) is 13.8 Å². The number of hydrazone groups is 1. The molecule has 0 atom stereocenters. The van der Waals surface area contributed by atoms with Gasteiger partial charge in [-0.2, -0.15) is 11.2 Å². The Balaban J connectivity index is 0.000000210. The molecule has 1 aliphatic heterocycles. The number of rotatable bonds is 4. The maximum absolute atomic E-state index is 14.0. The molecule has 4 heterocycles. The first-order valence-corrected chi connectivity index (χ1v) is 11.5. The van der Waals surface area contributed by atoms with Crippen molar-refractivity contribution in [1.29, 1.82) is 0 Å². The van der Waals surface area contributed by atoms with E-state index < -0.39 is 23.8 Å². The number of amidine groups is 1. The van der Waals surface area contributed by atoms with E-state index in [4.69, 9.17) is 0 Å². The molecule has 0 N–H and O–H groups in total. The molecule has 204 valence electrons. The van der Waals surface area contributed by atoms with E-state index >= 15 is 0 Å². The number of nitrogens with zero attached hydrogens (tertiary/aromatic N) is 6. The van der Waals surface area contributed by atoms with Crippen LogP contribution in [0.5, 0.6) is 0 Å². The van der Waals surface area contributed by atoms with Crippen molar-refractivity contribution in [2.24, 2.45) is 5.10 Å². The zero-order valence-electron chi connectivity index (χ0n) is 20.3. The van der Waals surface area contributed by atoms with E-state index in [-0.39, 0.29) is 32.3 Å². The molecule has 5 aromatic rings. The van der Waals surface area contributed by atoms with Crippen LogP contribution in [-0.2, 0) is 21.1 Å². The maximum atomic E-state index is 14.0. The van der Waals surface area contributed by atoms with Crippen molar-refractivity contribution in [2.75, 3.05) is 9.91 Å². The van der Waals surface area contributed by atoms with Crippen molar-refractivity contribution in [2.45, 2.75) is 0 Å². The van der Waals surface area contributed by atoms with Crippen LogP contribution in [0.3, 0.4) is 0 Å². The summed E-state index contributed by atoms with van der Waals surface area (Å²) in [4.78, 5) is 12.0. The van der Waals surface area contributed by atoms with Crippen LogP contribution in [-0.4, -0.2) is 20.8 Å². The molecule has 0 bridgehead atoms. The van der Waals surface area contributed by atoms with Gasteiger partial charge in [0.25, 0.3) is 0 Å². The van der Waals surface area contributed by atoms with Gasteiger partial charge in [0.1, 0.15) is 23.7 Å². The zero-order chi connectivity index (χ0) is 27.2. The van der Waals surface area contributed by atoms with Crippen LogP contribution in [0.2, 0.25) is 0 Å². The Morgan fingerprint density at radius 3 is 1.95 bits per heavy atom. The average Bonchev–Trinajstić information content (AvgIpc) is 3.40. The quantitative estimate of drug-likeness (QED) is 0.126. The number of halogens is 4. The molecule has 0 fully saturated rings. The predicted octanol–water partition coefficient (Wildman–Crippen LogP) is 6.19. The fourth-order valence-electron chi connectivity index (χ4n) is 3.60. The van der Waals surface area contributed by atoms with E-state index in [0.29, 0.717) is 11.5 Å². The normalized spacial score (nSPS) is 12.2. The first-order chi connectivity index (χ1) is 19.0. The third-order valence-corrected chi connectivity index (χ3v) is 5.35. The molecule has 6 nitrogen and oxygen atoms in total. The Labute approximate surface area is 241 Å². The molecule has 0 radical (unpaired) electrons. The molecule has 40 heavy (non-hydrogen) atoms. The molecule has 3 aromatic heterocycles. The topological polar surface area (TPSA) is 57.5 Å². The minimum Gasteiger partial charge on any atom is -0.456 e. The van der Waals surface area contributed by atoms with Gasteiger partial charge in [0.2, 0.25) is 0 Å². The zero-order valence-corrected chi connectivity index (χ0v) is 22.6. The van der Waals surface area contributed by atoms with Crippen LogP contribution in [0.15, 0.2) is 102 Å². The third kappa shape index (κ3) is 6.58. The summed E-state index contributed by atoms with van der Waals surface area (Å²) < 4.78 is 52.7. The van der Waals surface area contributed by atoms with Crippen molar-refractivity contribution >= 4 is 17.2 Å². The molecular weight excluding hydrogens is 703 g/mol. The molecule has 0 unspecified atom stereocenters. The van der Waals surface area contributed by atoms with Crippen LogP contribution in [0, 0.1) is 42.6 Å². The van der Waals surface area contributed by atoms with Gasteiger partial charge in [-0.05, 0) is 29.6 Å². The van der Waals surface area contributed by atoms with Crippen LogP contribution in [0.4, 0.5) is 28.9 Å². The van der Waals surface area contributed by atoms with Crippen LogP contribution < -0.4 is 9.91 Å². The summed E-state index contributed by atoms with van der Waals surface area (Å²) in [6.07, 6.45) is 1.52. The maximum Gasteiger partial charge on any atom is 0.129 e. The molecule has 11 heteroatoms. The molecule has 0 amide bonds. The number of benzene rings is 2. The predicted molar refractivity (Wildman–Crippen MR) is 138 cm³/mol. The van der Waals surface area contributed by atoms with Crippen molar-refractivity contribution < 1.29 is 38.6 Å². The SMILES string of the molecule is Fc1c[c-]c(-c2ccccn2)c(F)n1.Fc1c[c-]c(N2[CH-]N(c3ccccc3)C(c3ccccc3)=N2)c(F)n1.[Pt]. The van der Waals surface area contributed by atoms with Crippen molar-refractivity contribution in [3.8, 4) is 11.3 Å². The van der Waals surface area contributed by atoms with Crippen LogP contribution >= 0.6 is 0 Å². The number of aromatic nitrogens is 3. The van der Waals surface area contributed by atoms with Gasteiger partial charge in [0.15, 0.2) is 0 Å². The first kappa shape index (κ1) is 28.6. The van der Waals surface area contributed by atoms with Crippen molar-refractivity contribution in [3.05, 3.63) is 145 Å². The van der Waals surface area contributed by atoms with Gasteiger partial charge in [-0.25, -0.2) is 8.78 Å². The first-order valence-electron chi connectivity index (χ1n) is 11.5. The molecule has 0 aliphatic carbocycles. The van der Waals surface area contributed by atoms with Crippen molar-refractivity contribution in [3.63, 3.8) is 0 Å². The van der Waals surface area contributed by atoms with E-state index in [2.05, 4.69) is 32.2 Å². The molecule has 1 aliphatic rings. The Hall–Kier alpha value is -4.43. The van der Waals surface area contributed by atoms with E-state index in [0.717, 1.165) is 23.4 Å². The standard InChI is InChI=1S/C19H12F2N4.C10H5F2N2.Pt/c20-17-12-11-16(18(21)22-17)25-13-24(15-9-5-2-6-10-15)19(23-25)14-7-3-1-4-8-14;11-9-5-4-7(10(12)14-9)8-3-1-2-6-13-8;/h1-10,12-13H;1-3,5-6H;/q-2;-1;. The summed E-state index contributed by atoms with van der Waals surface area (Å²) in [6, 6.07) is 31.0. The van der Waals surface area contributed by atoms with Gasteiger partial charge >= 0.3 is 0 Å². The fourth-order valence-corrected chi connectivity index (χ4v) is 3.60. The average molecular weight is 721 g/mol. The summed E-state index contributed by atoms with van der Waals surface area (Å²) in [5.74, 6) is -3.07. The number of anilines is 2. The fraction of sp³-hybridized carbons (Fsp3) is 0. The summed E-state index contributed by atoms with van der Waals surface area (Å²) in [6.45, 7) is 1.62. The second-order valence-corrected chi connectivity index (χ2v) is 7.92. The Morgan fingerprint density at radius 1 is 0.700 bits per heavy atom. The summed E-state index contributed by atoms with van der Waals surface area (Å²) in [7, 11) is 0. The smallest absolute Gasteiger partial charge is 0.129 e. The monoisotopic (exact) mass is 720 g/mol. The molecule has 0 spiro atoms. The van der Waals surface area contributed by atoms with Gasteiger partial charge < -0.3 is 19.9 Å². The number of hydrogen-bond acceptors (Lipinski definition) is 6. The van der Waals surface area contributed by atoms with Gasteiger partial charge in [0.05, 0.1) is 5.95 Å². The van der Waals surface area contributed by atoms with Gasteiger partial charge in [-0.15, -0.1) is 18.8 Å². The molecule has 0 saturated carbocycles. The minimum atomic E-state index is -0.970. The second-order valence-electron chi connectivity index (χ2n) is 7.92. The molecule has 2 aromatic carbocycles. The van der Waals surface area contributed by atoms with Crippen LogP contribution in [0.25, 0.3) is 11.3 Å². The van der Waals surface area contributed by atoms with E-state index in [9.17, 15) is 17.6 Å². The Kier molecular flexibility index (Phi) is 9.34. The largest absolute Gasteiger partial charge is 0.456 e. The molecule has 0 saturated heterocycles. The van der Waals surface area contributed by atoms with E-state index in [1.54, 1.807) is 24.9 Å². The summed E-state index contributed by atoms with van der Waals surface area (Å²) in [5, 5.41) is 5.77. The Bertz CT molecular complexity index is 1590.